The first-order valence-corrected chi connectivity index (χ1v) is 5.31. The zero-order chi connectivity index (χ0) is 11.7. The number of hydrogen-bond acceptors (Lipinski definition) is 4. The molecule has 0 saturated carbocycles. The fourth-order valence-electron chi connectivity index (χ4n) is 1.36. The minimum Gasteiger partial charge on any atom is -0.383 e. The molecule has 0 heterocycles. The summed E-state index contributed by atoms with van der Waals surface area (Å²) in [6.07, 6.45) is 0.957. The number of methoxy groups -OCH3 is 1. The molecule has 1 unspecified atom stereocenters. The molecule has 0 fully saturated rings. The Morgan fingerprint density at radius 1 is 1.60 bits per heavy atom. The molecule has 0 aliphatic heterocycles. The number of amides is 1. The Hall–Kier alpha value is -0.650. The predicted octanol–water partition coefficient (Wildman–Crippen LogP) is -0.582. The molecule has 0 aliphatic carbocycles. The molecule has 0 saturated heterocycles. The van der Waals surface area contributed by atoms with Crippen LogP contribution >= 0.6 is 0 Å². The molecule has 1 amide bonds. The zero-order valence-electron chi connectivity index (χ0n) is 9.95. The highest BCUT2D eigenvalue weighted by atomic mass is 16.5. The van der Waals surface area contributed by atoms with Gasteiger partial charge in [-0.2, -0.15) is 0 Å². The number of nitrogens with one attached hydrogen (secondary N) is 1. The van der Waals surface area contributed by atoms with E-state index < -0.39 is 0 Å². The molecule has 0 spiro atoms. The standard InChI is InChI=1S/C10H23N3O2/c1-4-9(7-11)13(2)8-10(14)12-5-6-15-3/h9H,4-8,11H2,1-3H3,(H,12,14). The van der Waals surface area contributed by atoms with Crippen LogP contribution in [-0.4, -0.2) is 57.2 Å². The topological polar surface area (TPSA) is 67.6 Å². The van der Waals surface area contributed by atoms with Crippen LogP contribution in [0, 0.1) is 0 Å². The Kier molecular flexibility index (Phi) is 8.27. The summed E-state index contributed by atoms with van der Waals surface area (Å²) in [4.78, 5) is 13.4. The van der Waals surface area contributed by atoms with E-state index in [1.165, 1.54) is 0 Å². The number of carbonyl (C=O) groups excluding carboxylic acids is 1. The van der Waals surface area contributed by atoms with Crippen LogP contribution < -0.4 is 11.1 Å². The van der Waals surface area contributed by atoms with Crippen molar-refractivity contribution in [1.29, 1.82) is 0 Å². The third kappa shape index (κ3) is 6.43. The monoisotopic (exact) mass is 217 g/mol. The van der Waals surface area contributed by atoms with Gasteiger partial charge in [0.1, 0.15) is 0 Å². The van der Waals surface area contributed by atoms with Crippen LogP contribution in [0.25, 0.3) is 0 Å². The Labute approximate surface area is 91.9 Å². The van der Waals surface area contributed by atoms with Crippen molar-refractivity contribution in [2.75, 3.05) is 40.4 Å². The van der Waals surface area contributed by atoms with E-state index in [0.717, 1.165) is 6.42 Å². The maximum Gasteiger partial charge on any atom is 0.234 e. The molecule has 0 radical (unpaired) electrons. The van der Waals surface area contributed by atoms with Crippen LogP contribution in [-0.2, 0) is 9.53 Å². The second kappa shape index (κ2) is 8.64. The summed E-state index contributed by atoms with van der Waals surface area (Å²) in [6.45, 7) is 4.14. The molecule has 1 atom stereocenters. The van der Waals surface area contributed by atoms with Gasteiger partial charge < -0.3 is 15.8 Å². The molecule has 5 nitrogen and oxygen atoms in total. The van der Waals surface area contributed by atoms with Crippen molar-refractivity contribution in [3.05, 3.63) is 0 Å². The molecule has 90 valence electrons. The smallest absolute Gasteiger partial charge is 0.234 e. The van der Waals surface area contributed by atoms with Crippen LogP contribution in [0.2, 0.25) is 0 Å². The van der Waals surface area contributed by atoms with Gasteiger partial charge in [-0.1, -0.05) is 6.92 Å². The summed E-state index contributed by atoms with van der Waals surface area (Å²) < 4.78 is 4.84. The largest absolute Gasteiger partial charge is 0.383 e. The van der Waals surface area contributed by atoms with Crippen molar-refractivity contribution >= 4 is 5.91 Å². The number of ether oxygens (including phenoxy) is 1. The van der Waals surface area contributed by atoms with Gasteiger partial charge in [0, 0.05) is 26.2 Å². The normalized spacial score (nSPS) is 12.9. The number of rotatable bonds is 8. The SMILES string of the molecule is CCC(CN)N(C)CC(=O)NCCOC. The minimum absolute atomic E-state index is 0.0152. The molecule has 15 heavy (non-hydrogen) atoms. The molecule has 0 aromatic rings. The number of nitrogens with two attached hydrogens (primary N) is 1. The molecule has 0 aromatic heterocycles. The third-order valence-electron chi connectivity index (χ3n) is 2.39. The maximum atomic E-state index is 11.4. The first-order chi connectivity index (χ1) is 7.15. The van der Waals surface area contributed by atoms with Gasteiger partial charge >= 0.3 is 0 Å². The van der Waals surface area contributed by atoms with E-state index in [1.807, 2.05) is 11.9 Å². The molecular weight excluding hydrogens is 194 g/mol. The summed E-state index contributed by atoms with van der Waals surface area (Å²) in [5.74, 6) is 0.0152. The van der Waals surface area contributed by atoms with Crippen molar-refractivity contribution in [3.8, 4) is 0 Å². The van der Waals surface area contributed by atoms with E-state index in [9.17, 15) is 4.79 Å². The average molecular weight is 217 g/mol. The fourth-order valence-corrected chi connectivity index (χ4v) is 1.36. The first-order valence-electron chi connectivity index (χ1n) is 5.31. The van der Waals surface area contributed by atoms with Crippen LogP contribution in [0.4, 0.5) is 0 Å². The lowest BCUT2D eigenvalue weighted by Crippen LogP contribution is -2.44. The van der Waals surface area contributed by atoms with Gasteiger partial charge in [-0.05, 0) is 13.5 Å². The van der Waals surface area contributed by atoms with Gasteiger partial charge in [-0.15, -0.1) is 0 Å². The quantitative estimate of drug-likeness (QED) is 0.534. The first kappa shape index (κ1) is 14.3. The van der Waals surface area contributed by atoms with Crippen LogP contribution in [0.5, 0.6) is 0 Å². The Morgan fingerprint density at radius 3 is 2.73 bits per heavy atom. The van der Waals surface area contributed by atoms with E-state index in [1.54, 1.807) is 7.11 Å². The van der Waals surface area contributed by atoms with Gasteiger partial charge in [0.25, 0.3) is 0 Å². The summed E-state index contributed by atoms with van der Waals surface area (Å²) in [6, 6.07) is 0.276. The van der Waals surface area contributed by atoms with Crippen molar-refractivity contribution in [2.45, 2.75) is 19.4 Å². The Bertz CT molecular complexity index is 172. The van der Waals surface area contributed by atoms with Gasteiger partial charge in [-0.25, -0.2) is 0 Å². The number of nitrogens with zero attached hydrogens (tertiary/aromatic N) is 1. The van der Waals surface area contributed by atoms with E-state index in [0.29, 0.717) is 26.2 Å². The molecule has 3 N–H and O–H groups in total. The van der Waals surface area contributed by atoms with Crippen LogP contribution in [0.15, 0.2) is 0 Å². The van der Waals surface area contributed by atoms with Gasteiger partial charge in [0.2, 0.25) is 5.91 Å². The van der Waals surface area contributed by atoms with Gasteiger partial charge in [0.05, 0.1) is 13.2 Å². The zero-order valence-corrected chi connectivity index (χ0v) is 9.95. The number of likely N-dealkylation sites (N-methyl/N-ethyl adjacent to an activating group) is 1. The average Bonchev–Trinajstić information content (AvgIpc) is 2.20. The lowest BCUT2D eigenvalue weighted by atomic mass is 10.2. The molecule has 0 rings (SSSR count). The minimum atomic E-state index is 0.0152. The summed E-state index contributed by atoms with van der Waals surface area (Å²) >= 11 is 0. The molecule has 5 heteroatoms. The van der Waals surface area contributed by atoms with Crippen LogP contribution in [0.1, 0.15) is 13.3 Å². The molecular formula is C10H23N3O2. The molecule has 0 aliphatic rings. The Morgan fingerprint density at radius 2 is 2.27 bits per heavy atom. The van der Waals surface area contributed by atoms with Crippen molar-refractivity contribution < 1.29 is 9.53 Å². The molecule has 0 bridgehead atoms. The summed E-state index contributed by atoms with van der Waals surface area (Å²) in [5.41, 5.74) is 5.59. The second-order valence-electron chi connectivity index (χ2n) is 3.56. The maximum absolute atomic E-state index is 11.4. The molecule has 0 aromatic carbocycles. The van der Waals surface area contributed by atoms with Crippen molar-refractivity contribution in [3.63, 3.8) is 0 Å². The van der Waals surface area contributed by atoms with Crippen LogP contribution in [0.3, 0.4) is 0 Å². The highest BCUT2D eigenvalue weighted by Crippen LogP contribution is 1.98. The number of carbonyl (C=O) groups is 1. The number of hydrogen-bond donors (Lipinski definition) is 2. The van der Waals surface area contributed by atoms with Crippen molar-refractivity contribution in [1.82, 2.24) is 10.2 Å². The Balaban J connectivity index is 3.74. The van der Waals surface area contributed by atoms with E-state index in [2.05, 4.69) is 12.2 Å². The summed E-state index contributed by atoms with van der Waals surface area (Å²) in [5, 5.41) is 2.77. The highest BCUT2D eigenvalue weighted by molar-refractivity contribution is 5.77. The lowest BCUT2D eigenvalue weighted by Gasteiger charge is -2.24. The third-order valence-corrected chi connectivity index (χ3v) is 2.39. The van der Waals surface area contributed by atoms with Gasteiger partial charge in [0.15, 0.2) is 0 Å². The van der Waals surface area contributed by atoms with E-state index in [-0.39, 0.29) is 11.9 Å². The van der Waals surface area contributed by atoms with E-state index >= 15 is 0 Å². The highest BCUT2D eigenvalue weighted by Gasteiger charge is 2.13. The predicted molar refractivity (Wildman–Crippen MR) is 60.6 cm³/mol. The summed E-state index contributed by atoms with van der Waals surface area (Å²) in [7, 11) is 3.52. The van der Waals surface area contributed by atoms with E-state index in [4.69, 9.17) is 10.5 Å². The van der Waals surface area contributed by atoms with Crippen molar-refractivity contribution in [2.24, 2.45) is 5.73 Å². The fraction of sp³-hybridized carbons (Fsp3) is 0.900. The van der Waals surface area contributed by atoms with Gasteiger partial charge in [-0.3, -0.25) is 9.69 Å². The second-order valence-corrected chi connectivity index (χ2v) is 3.56. The lowest BCUT2D eigenvalue weighted by molar-refractivity contribution is -0.122.